The zero-order valence-electron chi connectivity index (χ0n) is 10.3. The number of rotatable bonds is 2. The molecule has 0 atom stereocenters. The van der Waals surface area contributed by atoms with Crippen LogP contribution in [0.2, 0.25) is 0 Å². The van der Waals surface area contributed by atoms with Crippen molar-refractivity contribution in [2.45, 2.75) is 13.8 Å². The lowest BCUT2D eigenvalue weighted by atomic mass is 10.0. The molecule has 0 heterocycles. The minimum atomic E-state index is 0.834. The van der Waals surface area contributed by atoms with Gasteiger partial charge in [0, 0.05) is 5.69 Å². The first-order valence-corrected chi connectivity index (χ1v) is 5.76. The molecule has 2 N–H and O–H groups in total. The van der Waals surface area contributed by atoms with E-state index in [1.807, 2.05) is 24.3 Å². The van der Waals surface area contributed by atoms with Gasteiger partial charge in [0.2, 0.25) is 0 Å². The second kappa shape index (κ2) is 4.88. The maximum absolute atomic E-state index is 6.00. The molecule has 0 saturated carbocycles. The molecule has 0 radical (unpaired) electrons. The highest BCUT2D eigenvalue weighted by Crippen LogP contribution is 2.20. The van der Waals surface area contributed by atoms with Gasteiger partial charge in [-0.25, -0.2) is 0 Å². The number of aryl methyl sites for hydroxylation is 2. The van der Waals surface area contributed by atoms with Crippen LogP contribution >= 0.6 is 0 Å². The fourth-order valence-corrected chi connectivity index (χ4v) is 1.76. The molecule has 0 spiro atoms. The number of hydrogen-bond acceptors (Lipinski definition) is 1. The van der Waals surface area contributed by atoms with E-state index in [0.29, 0.717) is 0 Å². The molecule has 0 amide bonds. The molecule has 86 valence electrons. The summed E-state index contributed by atoms with van der Waals surface area (Å²) in [6.45, 7) is 4.19. The number of hydrogen-bond donors (Lipinski definition) is 1. The van der Waals surface area contributed by atoms with E-state index in [-0.39, 0.29) is 0 Å². The Hall–Kier alpha value is -2.02. The van der Waals surface area contributed by atoms with Gasteiger partial charge in [0.25, 0.3) is 0 Å². The summed E-state index contributed by atoms with van der Waals surface area (Å²) >= 11 is 0. The van der Waals surface area contributed by atoms with Crippen LogP contribution in [0.5, 0.6) is 0 Å². The predicted octanol–water partition coefficient (Wildman–Crippen LogP) is 4.06. The fourth-order valence-electron chi connectivity index (χ4n) is 1.76. The van der Waals surface area contributed by atoms with Gasteiger partial charge in [-0.1, -0.05) is 42.5 Å². The smallest absolute Gasteiger partial charge is 0.0390 e. The molecule has 0 fully saturated rings. The van der Waals surface area contributed by atoms with Crippen LogP contribution in [0.25, 0.3) is 12.2 Å². The molecule has 1 heteroatoms. The van der Waals surface area contributed by atoms with E-state index >= 15 is 0 Å². The Morgan fingerprint density at radius 3 is 2.24 bits per heavy atom. The SMILES string of the molecule is Cc1cc(N)c(/C=C/c2ccccc2)cc1C. The molecular weight excluding hydrogens is 206 g/mol. The molecule has 2 rings (SSSR count). The molecule has 17 heavy (non-hydrogen) atoms. The van der Waals surface area contributed by atoms with Crippen molar-refractivity contribution >= 4 is 17.8 Å². The summed E-state index contributed by atoms with van der Waals surface area (Å²) < 4.78 is 0. The summed E-state index contributed by atoms with van der Waals surface area (Å²) in [5, 5.41) is 0. The summed E-state index contributed by atoms with van der Waals surface area (Å²) in [4.78, 5) is 0. The van der Waals surface area contributed by atoms with Gasteiger partial charge in [0.15, 0.2) is 0 Å². The zero-order valence-corrected chi connectivity index (χ0v) is 10.3. The standard InChI is InChI=1S/C16H17N/c1-12-10-15(16(17)11-13(12)2)9-8-14-6-4-3-5-7-14/h3-11H,17H2,1-2H3/b9-8+. The van der Waals surface area contributed by atoms with E-state index in [9.17, 15) is 0 Å². The summed E-state index contributed by atoms with van der Waals surface area (Å²) in [6.07, 6.45) is 4.15. The average Bonchev–Trinajstić information content (AvgIpc) is 2.33. The Bertz CT molecular complexity index is 539. The molecule has 2 aromatic rings. The van der Waals surface area contributed by atoms with Crippen LogP contribution in [-0.4, -0.2) is 0 Å². The first-order chi connectivity index (χ1) is 8.16. The van der Waals surface area contributed by atoms with Crippen molar-refractivity contribution in [2.24, 2.45) is 0 Å². The summed E-state index contributed by atoms with van der Waals surface area (Å²) in [5.74, 6) is 0. The quantitative estimate of drug-likeness (QED) is 0.603. The Labute approximate surface area is 103 Å². The number of benzene rings is 2. The molecule has 0 aromatic heterocycles. The van der Waals surface area contributed by atoms with E-state index in [1.54, 1.807) is 0 Å². The van der Waals surface area contributed by atoms with Crippen LogP contribution < -0.4 is 5.73 Å². The third-order valence-corrected chi connectivity index (χ3v) is 2.95. The first kappa shape index (κ1) is 11.5. The van der Waals surface area contributed by atoms with Gasteiger partial charge in [0.1, 0.15) is 0 Å². The van der Waals surface area contributed by atoms with Gasteiger partial charge in [0.05, 0.1) is 0 Å². The van der Waals surface area contributed by atoms with Gasteiger partial charge in [-0.05, 0) is 48.2 Å². The lowest BCUT2D eigenvalue weighted by Gasteiger charge is -2.05. The average molecular weight is 223 g/mol. The minimum absolute atomic E-state index is 0.834. The van der Waals surface area contributed by atoms with Crippen LogP contribution in [0.3, 0.4) is 0 Å². The molecule has 0 aliphatic heterocycles. The van der Waals surface area contributed by atoms with Crippen molar-refractivity contribution in [3.8, 4) is 0 Å². The van der Waals surface area contributed by atoms with E-state index in [1.165, 1.54) is 16.7 Å². The molecule has 1 nitrogen and oxygen atoms in total. The summed E-state index contributed by atoms with van der Waals surface area (Å²) in [5.41, 5.74) is 11.6. The molecule has 0 bridgehead atoms. The van der Waals surface area contributed by atoms with Gasteiger partial charge in [-0.3, -0.25) is 0 Å². The normalized spacial score (nSPS) is 10.9. The monoisotopic (exact) mass is 223 g/mol. The van der Waals surface area contributed by atoms with Crippen molar-refractivity contribution < 1.29 is 0 Å². The van der Waals surface area contributed by atoms with Crippen LogP contribution in [0.1, 0.15) is 22.3 Å². The molecule has 2 aromatic carbocycles. The lowest BCUT2D eigenvalue weighted by Crippen LogP contribution is -1.92. The molecule has 0 saturated heterocycles. The zero-order chi connectivity index (χ0) is 12.3. The predicted molar refractivity (Wildman–Crippen MR) is 75.7 cm³/mol. The van der Waals surface area contributed by atoms with Crippen molar-refractivity contribution in [3.05, 3.63) is 64.7 Å². The van der Waals surface area contributed by atoms with Crippen molar-refractivity contribution in [3.63, 3.8) is 0 Å². The number of anilines is 1. The van der Waals surface area contributed by atoms with Crippen LogP contribution in [0.4, 0.5) is 5.69 Å². The maximum Gasteiger partial charge on any atom is 0.0390 e. The highest BCUT2D eigenvalue weighted by atomic mass is 14.6. The second-order valence-electron chi connectivity index (χ2n) is 4.31. The van der Waals surface area contributed by atoms with E-state index in [0.717, 1.165) is 11.3 Å². The fraction of sp³-hybridized carbons (Fsp3) is 0.125. The van der Waals surface area contributed by atoms with Gasteiger partial charge < -0.3 is 5.73 Å². The molecular formula is C16H17N. The first-order valence-electron chi connectivity index (χ1n) is 5.76. The molecule has 0 aliphatic rings. The Morgan fingerprint density at radius 1 is 0.882 bits per heavy atom. The Morgan fingerprint density at radius 2 is 1.53 bits per heavy atom. The van der Waals surface area contributed by atoms with Crippen molar-refractivity contribution in [1.82, 2.24) is 0 Å². The third kappa shape index (κ3) is 2.76. The topological polar surface area (TPSA) is 26.0 Å². The summed E-state index contributed by atoms with van der Waals surface area (Å²) in [7, 11) is 0. The van der Waals surface area contributed by atoms with Crippen LogP contribution in [0, 0.1) is 13.8 Å². The van der Waals surface area contributed by atoms with Gasteiger partial charge >= 0.3 is 0 Å². The maximum atomic E-state index is 6.00. The third-order valence-electron chi connectivity index (χ3n) is 2.95. The van der Waals surface area contributed by atoms with Crippen LogP contribution in [0.15, 0.2) is 42.5 Å². The van der Waals surface area contributed by atoms with E-state index in [2.05, 4.69) is 44.2 Å². The van der Waals surface area contributed by atoms with Crippen LogP contribution in [-0.2, 0) is 0 Å². The van der Waals surface area contributed by atoms with E-state index < -0.39 is 0 Å². The highest BCUT2D eigenvalue weighted by Gasteiger charge is 1.99. The largest absolute Gasteiger partial charge is 0.398 e. The lowest BCUT2D eigenvalue weighted by molar-refractivity contribution is 1.34. The molecule has 0 aliphatic carbocycles. The number of nitrogen functional groups attached to an aromatic ring is 1. The number of nitrogens with two attached hydrogens (primary N) is 1. The minimum Gasteiger partial charge on any atom is -0.398 e. The Balaban J connectivity index is 2.31. The second-order valence-corrected chi connectivity index (χ2v) is 4.31. The van der Waals surface area contributed by atoms with Crippen molar-refractivity contribution in [1.29, 1.82) is 0 Å². The van der Waals surface area contributed by atoms with Gasteiger partial charge in [-0.15, -0.1) is 0 Å². The Kier molecular flexibility index (Phi) is 3.29. The van der Waals surface area contributed by atoms with Crippen molar-refractivity contribution in [2.75, 3.05) is 5.73 Å². The van der Waals surface area contributed by atoms with Gasteiger partial charge in [-0.2, -0.15) is 0 Å². The summed E-state index contributed by atoms with van der Waals surface area (Å²) in [6, 6.07) is 14.4. The van der Waals surface area contributed by atoms with E-state index in [4.69, 9.17) is 5.73 Å². The highest BCUT2D eigenvalue weighted by molar-refractivity contribution is 5.76. The molecule has 0 unspecified atom stereocenters.